The summed E-state index contributed by atoms with van der Waals surface area (Å²) < 4.78 is 4.64. The Hall–Kier alpha value is -4.29. The van der Waals surface area contributed by atoms with E-state index >= 15 is 0 Å². The quantitative estimate of drug-likeness (QED) is 0.247. The molecule has 180 valence electrons. The van der Waals surface area contributed by atoms with E-state index in [4.69, 9.17) is 10.2 Å². The number of esters is 1. The van der Waals surface area contributed by atoms with Gasteiger partial charge in [0.15, 0.2) is 12.2 Å². The largest absolute Gasteiger partial charge is 0.478 e. The maximum atomic E-state index is 12.4. The zero-order valence-corrected chi connectivity index (χ0v) is 17.8. The van der Waals surface area contributed by atoms with Crippen molar-refractivity contribution in [3.63, 3.8) is 0 Å². The van der Waals surface area contributed by atoms with Gasteiger partial charge in [0.25, 0.3) is 11.8 Å². The van der Waals surface area contributed by atoms with E-state index in [1.54, 1.807) is 30.3 Å². The molecule has 3 atom stereocenters. The molecule has 0 aliphatic carbocycles. The Morgan fingerprint density at radius 1 is 0.853 bits per heavy atom. The van der Waals surface area contributed by atoms with Gasteiger partial charge in [0, 0.05) is 12.1 Å². The van der Waals surface area contributed by atoms with Crippen molar-refractivity contribution in [3.8, 4) is 0 Å². The molecule has 2 aromatic rings. The third kappa shape index (κ3) is 6.85. The fourth-order valence-corrected chi connectivity index (χ4v) is 2.89. The number of carbonyl (C=O) groups is 5. The van der Waals surface area contributed by atoms with Gasteiger partial charge in [-0.05, 0) is 23.8 Å². The molecule has 3 unspecified atom stereocenters. The Kier molecular flexibility index (Phi) is 8.81. The maximum absolute atomic E-state index is 12.4. The number of ether oxygens (including phenoxy) is 1. The molecule has 0 saturated carbocycles. The monoisotopic (exact) mass is 474 g/mol. The van der Waals surface area contributed by atoms with Crippen LogP contribution in [0.15, 0.2) is 48.5 Å². The van der Waals surface area contributed by atoms with E-state index in [9.17, 15) is 34.2 Å². The van der Waals surface area contributed by atoms with Gasteiger partial charge in [0.1, 0.15) is 6.04 Å². The molecule has 2 amide bonds. The molecule has 0 aliphatic heterocycles. The van der Waals surface area contributed by atoms with Gasteiger partial charge in [-0.2, -0.15) is 0 Å². The van der Waals surface area contributed by atoms with E-state index < -0.39 is 59.1 Å². The lowest BCUT2D eigenvalue weighted by Gasteiger charge is -2.21. The number of anilines is 1. The molecule has 0 heterocycles. The lowest BCUT2D eigenvalue weighted by molar-refractivity contribution is -0.149. The third-order valence-electron chi connectivity index (χ3n) is 4.62. The SMILES string of the molecule is COC(=O)C(Cc1ccccc1)NC(=O)C(O)C(O)C(=O)Nc1cc(C(=O)O)cc(C(=O)O)c1. The number of hydrogen-bond donors (Lipinski definition) is 6. The number of benzene rings is 2. The highest BCUT2D eigenvalue weighted by atomic mass is 16.5. The number of carboxylic acids is 2. The highest BCUT2D eigenvalue weighted by Gasteiger charge is 2.33. The Morgan fingerprint density at radius 3 is 1.88 bits per heavy atom. The highest BCUT2D eigenvalue weighted by Crippen LogP contribution is 2.16. The Balaban J connectivity index is 2.12. The number of carboxylic acid groups (broad SMARTS) is 2. The average Bonchev–Trinajstić information content (AvgIpc) is 2.82. The van der Waals surface area contributed by atoms with E-state index in [-0.39, 0.29) is 12.1 Å². The van der Waals surface area contributed by atoms with Crippen LogP contribution in [0.3, 0.4) is 0 Å². The summed E-state index contributed by atoms with van der Waals surface area (Å²) in [5, 5.41) is 42.7. The number of hydrogen-bond acceptors (Lipinski definition) is 8. The molecule has 0 fully saturated rings. The molecule has 2 rings (SSSR count). The van der Waals surface area contributed by atoms with Crippen LogP contribution in [0.1, 0.15) is 26.3 Å². The van der Waals surface area contributed by atoms with Gasteiger partial charge in [-0.3, -0.25) is 9.59 Å². The normalized spacial score (nSPS) is 13.1. The number of carbonyl (C=O) groups excluding carboxylic acids is 3. The van der Waals surface area contributed by atoms with Crippen molar-refractivity contribution in [3.05, 3.63) is 65.2 Å². The number of nitrogens with one attached hydrogen (secondary N) is 2. The number of rotatable bonds is 10. The number of methoxy groups -OCH3 is 1. The second-order valence-electron chi connectivity index (χ2n) is 7.06. The van der Waals surface area contributed by atoms with Gasteiger partial charge in [0.2, 0.25) is 0 Å². The van der Waals surface area contributed by atoms with Crippen LogP contribution in [0.4, 0.5) is 5.69 Å². The van der Waals surface area contributed by atoms with Crippen LogP contribution in [0, 0.1) is 0 Å². The van der Waals surface area contributed by atoms with Crippen molar-refractivity contribution in [1.29, 1.82) is 0 Å². The van der Waals surface area contributed by atoms with E-state index in [1.807, 2.05) is 5.32 Å². The number of aliphatic hydroxyl groups excluding tert-OH is 2. The topological polar surface area (TPSA) is 200 Å². The minimum atomic E-state index is -2.34. The van der Waals surface area contributed by atoms with Crippen molar-refractivity contribution in [2.24, 2.45) is 0 Å². The maximum Gasteiger partial charge on any atom is 0.335 e. The van der Waals surface area contributed by atoms with E-state index in [2.05, 4.69) is 10.1 Å². The first kappa shape index (κ1) is 26.0. The van der Waals surface area contributed by atoms with Crippen LogP contribution in [0.2, 0.25) is 0 Å². The number of amides is 2. The molecule has 34 heavy (non-hydrogen) atoms. The second kappa shape index (κ2) is 11.5. The molecular weight excluding hydrogens is 452 g/mol. The van der Waals surface area contributed by atoms with Crippen molar-refractivity contribution in [2.75, 3.05) is 12.4 Å². The summed E-state index contributed by atoms with van der Waals surface area (Å²) in [5.41, 5.74) is -0.543. The van der Waals surface area contributed by atoms with Gasteiger partial charge in [-0.15, -0.1) is 0 Å². The minimum absolute atomic E-state index is 0.00815. The second-order valence-corrected chi connectivity index (χ2v) is 7.06. The molecule has 0 spiro atoms. The summed E-state index contributed by atoms with van der Waals surface area (Å²) in [4.78, 5) is 59.1. The molecule has 0 aliphatic rings. The van der Waals surface area contributed by atoms with Crippen LogP contribution < -0.4 is 10.6 Å². The lowest BCUT2D eigenvalue weighted by Crippen LogP contribution is -2.52. The van der Waals surface area contributed by atoms with E-state index in [1.165, 1.54) is 0 Å². The third-order valence-corrected chi connectivity index (χ3v) is 4.62. The molecule has 2 aromatic carbocycles. The molecule has 12 heteroatoms. The van der Waals surface area contributed by atoms with Crippen molar-refractivity contribution < 1.29 is 49.1 Å². The average molecular weight is 474 g/mol. The van der Waals surface area contributed by atoms with Crippen molar-refractivity contribution in [2.45, 2.75) is 24.7 Å². The molecule has 0 saturated heterocycles. The number of aromatic carboxylic acids is 2. The predicted octanol–water partition coefficient (Wildman–Crippen LogP) is -0.356. The highest BCUT2D eigenvalue weighted by molar-refractivity contribution is 6.01. The Morgan fingerprint density at radius 2 is 1.38 bits per heavy atom. The van der Waals surface area contributed by atoms with Crippen LogP contribution >= 0.6 is 0 Å². The molecule has 6 N–H and O–H groups in total. The smallest absolute Gasteiger partial charge is 0.335 e. The Labute approximate surface area is 192 Å². The molecular formula is C22H22N2O10. The lowest BCUT2D eigenvalue weighted by atomic mass is 10.0. The summed E-state index contributed by atoms with van der Waals surface area (Å²) in [6.45, 7) is 0. The van der Waals surface area contributed by atoms with Crippen LogP contribution in [-0.2, 0) is 25.5 Å². The summed E-state index contributed by atoms with van der Waals surface area (Å²) in [6.07, 6.45) is -4.64. The summed E-state index contributed by atoms with van der Waals surface area (Å²) in [6, 6.07) is 10.0. The van der Waals surface area contributed by atoms with Crippen molar-refractivity contribution in [1.82, 2.24) is 5.32 Å². The first-order valence-corrected chi connectivity index (χ1v) is 9.74. The number of aliphatic hydroxyl groups is 2. The fourth-order valence-electron chi connectivity index (χ4n) is 2.89. The van der Waals surface area contributed by atoms with Gasteiger partial charge in [0.05, 0.1) is 18.2 Å². The van der Waals surface area contributed by atoms with Crippen LogP contribution in [-0.4, -0.2) is 75.5 Å². The standard InChI is InChI=1S/C22H22N2O10/c1-34-22(33)15(7-11-5-3-2-4-6-11)24-19(28)17(26)16(25)18(27)23-14-9-12(20(29)30)8-13(10-14)21(31)32/h2-6,8-10,15-17,25-26H,7H2,1H3,(H,23,27)(H,24,28)(H,29,30)(H,31,32). The molecule has 0 radical (unpaired) electrons. The first-order chi connectivity index (χ1) is 16.0. The summed E-state index contributed by atoms with van der Waals surface area (Å²) in [5.74, 6) is -6.33. The van der Waals surface area contributed by atoms with Crippen LogP contribution in [0.25, 0.3) is 0 Å². The molecule has 0 bridgehead atoms. The van der Waals surface area contributed by atoms with Gasteiger partial charge in [-0.1, -0.05) is 30.3 Å². The first-order valence-electron chi connectivity index (χ1n) is 9.74. The molecule has 0 aromatic heterocycles. The van der Waals surface area contributed by atoms with Crippen molar-refractivity contribution >= 4 is 35.4 Å². The zero-order valence-electron chi connectivity index (χ0n) is 17.8. The van der Waals surface area contributed by atoms with Crippen LogP contribution in [0.5, 0.6) is 0 Å². The van der Waals surface area contributed by atoms with E-state index in [0.717, 1.165) is 25.3 Å². The Bertz CT molecular complexity index is 1050. The molecule has 12 nitrogen and oxygen atoms in total. The summed E-state index contributed by atoms with van der Waals surface area (Å²) in [7, 11) is 1.10. The van der Waals surface area contributed by atoms with Gasteiger partial charge in [-0.25, -0.2) is 14.4 Å². The predicted molar refractivity (Wildman–Crippen MR) is 115 cm³/mol. The van der Waals surface area contributed by atoms with E-state index in [0.29, 0.717) is 5.56 Å². The minimum Gasteiger partial charge on any atom is -0.478 e. The fraction of sp³-hybridized carbons (Fsp3) is 0.227. The van der Waals surface area contributed by atoms with Gasteiger partial charge < -0.3 is 35.8 Å². The van der Waals surface area contributed by atoms with Gasteiger partial charge >= 0.3 is 17.9 Å². The summed E-state index contributed by atoms with van der Waals surface area (Å²) >= 11 is 0. The zero-order chi connectivity index (χ0) is 25.4.